The second-order valence-corrected chi connectivity index (χ2v) is 9.21. The molecule has 3 rings (SSSR count). The van der Waals surface area contributed by atoms with E-state index in [4.69, 9.17) is 10.5 Å². The van der Waals surface area contributed by atoms with E-state index in [1.165, 1.54) is 0 Å². The van der Waals surface area contributed by atoms with Crippen molar-refractivity contribution < 1.29 is 19.1 Å². The van der Waals surface area contributed by atoms with E-state index >= 15 is 0 Å². The Labute approximate surface area is 186 Å². The first kappa shape index (κ1) is 23.5. The van der Waals surface area contributed by atoms with Crippen LogP contribution in [0.15, 0.2) is 29.1 Å². The number of nitrogens with zero attached hydrogens (tertiary/aromatic N) is 2. The number of benzene rings is 1. The molecule has 1 aliphatic rings. The first-order valence-corrected chi connectivity index (χ1v) is 10.7. The number of primary amides is 1. The standard InChI is InChI=1S/C22H31N5O5/c1-22(2,3)18(19(29)24-12-17(23)28)25-20(30)27-16-7-5-4-6-15(16)26(21(27)31)13-14-8-10-32-11-9-14/h4-7,14,18H,8-13H2,1-3H3,(H2,23,28)(H,24,29)(H,25,30)/t18-/m1/s1. The number of rotatable bonds is 6. The fraction of sp³-hybridized carbons (Fsp3) is 0.545. The van der Waals surface area contributed by atoms with E-state index in [1.807, 2.05) is 6.07 Å². The Morgan fingerprint density at radius 2 is 1.78 bits per heavy atom. The molecule has 10 heteroatoms. The first-order valence-electron chi connectivity index (χ1n) is 10.7. The van der Waals surface area contributed by atoms with Gasteiger partial charge in [0, 0.05) is 19.8 Å². The van der Waals surface area contributed by atoms with Gasteiger partial charge in [0.2, 0.25) is 11.8 Å². The molecule has 0 bridgehead atoms. The molecule has 2 heterocycles. The van der Waals surface area contributed by atoms with Crippen molar-refractivity contribution in [2.75, 3.05) is 19.8 Å². The summed E-state index contributed by atoms with van der Waals surface area (Å²) < 4.78 is 8.09. The quantitative estimate of drug-likeness (QED) is 0.604. The van der Waals surface area contributed by atoms with Crippen LogP contribution in [0.4, 0.5) is 4.79 Å². The molecule has 0 radical (unpaired) electrons. The normalized spacial score (nSPS) is 16.0. The molecule has 0 aliphatic carbocycles. The number of aromatic nitrogens is 2. The highest BCUT2D eigenvalue weighted by Crippen LogP contribution is 2.22. The lowest BCUT2D eigenvalue weighted by Gasteiger charge is -2.30. The lowest BCUT2D eigenvalue weighted by atomic mass is 9.86. The number of ether oxygens (including phenoxy) is 1. The van der Waals surface area contributed by atoms with Gasteiger partial charge in [-0.25, -0.2) is 14.2 Å². The Kier molecular flexibility index (Phi) is 7.02. The van der Waals surface area contributed by atoms with Gasteiger partial charge < -0.3 is 21.1 Å². The van der Waals surface area contributed by atoms with Crippen molar-refractivity contribution in [1.82, 2.24) is 19.8 Å². The Balaban J connectivity index is 1.92. The second-order valence-electron chi connectivity index (χ2n) is 9.21. The highest BCUT2D eigenvalue weighted by atomic mass is 16.5. The van der Waals surface area contributed by atoms with Crippen LogP contribution in [0.25, 0.3) is 11.0 Å². The highest BCUT2D eigenvalue weighted by Gasteiger charge is 2.34. The summed E-state index contributed by atoms with van der Waals surface area (Å²) in [5, 5.41) is 5.10. The Bertz CT molecular complexity index is 1060. The Hall–Kier alpha value is -3.14. The number of amides is 3. The number of para-hydroxylation sites is 2. The monoisotopic (exact) mass is 445 g/mol. The number of imidazole rings is 1. The molecule has 1 aromatic carbocycles. The molecule has 0 unspecified atom stereocenters. The molecule has 10 nitrogen and oxygen atoms in total. The van der Waals surface area contributed by atoms with Crippen LogP contribution in [0, 0.1) is 11.3 Å². The van der Waals surface area contributed by atoms with Gasteiger partial charge in [-0.1, -0.05) is 32.9 Å². The van der Waals surface area contributed by atoms with Crippen LogP contribution in [0.2, 0.25) is 0 Å². The molecule has 1 atom stereocenters. The molecule has 4 N–H and O–H groups in total. The number of nitrogens with two attached hydrogens (primary N) is 1. The van der Waals surface area contributed by atoms with Gasteiger partial charge in [0.1, 0.15) is 6.04 Å². The zero-order valence-electron chi connectivity index (χ0n) is 18.7. The average molecular weight is 446 g/mol. The van der Waals surface area contributed by atoms with E-state index in [9.17, 15) is 19.2 Å². The molecule has 3 amide bonds. The van der Waals surface area contributed by atoms with Crippen molar-refractivity contribution in [3.05, 3.63) is 34.7 Å². The van der Waals surface area contributed by atoms with Crippen LogP contribution in [0.1, 0.15) is 33.6 Å². The van der Waals surface area contributed by atoms with Gasteiger partial charge >= 0.3 is 11.7 Å². The molecular weight excluding hydrogens is 414 g/mol. The lowest BCUT2D eigenvalue weighted by molar-refractivity contribution is -0.127. The zero-order valence-corrected chi connectivity index (χ0v) is 18.7. The van der Waals surface area contributed by atoms with E-state index in [1.54, 1.807) is 43.5 Å². The number of fused-ring (bicyclic) bond motifs is 1. The van der Waals surface area contributed by atoms with Crippen LogP contribution in [0.3, 0.4) is 0 Å². The van der Waals surface area contributed by atoms with Crippen molar-refractivity contribution >= 4 is 28.9 Å². The summed E-state index contributed by atoms with van der Waals surface area (Å²) in [4.78, 5) is 50.2. The molecule has 1 saturated heterocycles. The molecule has 1 fully saturated rings. The molecule has 1 aliphatic heterocycles. The number of carbonyl (C=O) groups is 3. The second kappa shape index (κ2) is 9.56. The third kappa shape index (κ3) is 5.18. The van der Waals surface area contributed by atoms with E-state index < -0.39 is 35.0 Å². The maximum atomic E-state index is 13.3. The average Bonchev–Trinajstić information content (AvgIpc) is 3.01. The van der Waals surface area contributed by atoms with Gasteiger partial charge in [-0.3, -0.25) is 14.2 Å². The minimum Gasteiger partial charge on any atom is -0.381 e. The van der Waals surface area contributed by atoms with Gasteiger partial charge in [0.25, 0.3) is 0 Å². The van der Waals surface area contributed by atoms with E-state index in [2.05, 4.69) is 10.6 Å². The highest BCUT2D eigenvalue weighted by molar-refractivity contribution is 5.94. The minimum atomic E-state index is -0.987. The Morgan fingerprint density at radius 3 is 2.38 bits per heavy atom. The smallest absolute Gasteiger partial charge is 0.337 e. The summed E-state index contributed by atoms with van der Waals surface area (Å²) >= 11 is 0. The summed E-state index contributed by atoms with van der Waals surface area (Å²) in [5.74, 6) is -0.959. The van der Waals surface area contributed by atoms with Crippen molar-refractivity contribution in [2.45, 2.75) is 46.2 Å². The van der Waals surface area contributed by atoms with Gasteiger partial charge in [0.05, 0.1) is 17.6 Å². The topological polar surface area (TPSA) is 137 Å². The van der Waals surface area contributed by atoms with Crippen molar-refractivity contribution in [2.24, 2.45) is 17.1 Å². The molecule has 32 heavy (non-hydrogen) atoms. The molecule has 1 aromatic heterocycles. The molecule has 174 valence electrons. The van der Waals surface area contributed by atoms with Gasteiger partial charge in [-0.2, -0.15) is 0 Å². The van der Waals surface area contributed by atoms with E-state index in [0.29, 0.717) is 30.8 Å². The van der Waals surface area contributed by atoms with Crippen LogP contribution in [-0.2, 0) is 20.9 Å². The predicted molar refractivity (Wildman–Crippen MR) is 119 cm³/mol. The lowest BCUT2D eigenvalue weighted by Crippen LogP contribution is -2.56. The van der Waals surface area contributed by atoms with Crippen LogP contribution in [0.5, 0.6) is 0 Å². The fourth-order valence-electron chi connectivity index (χ4n) is 3.91. The van der Waals surface area contributed by atoms with Crippen LogP contribution in [-0.4, -0.2) is 52.8 Å². The number of hydrogen-bond acceptors (Lipinski definition) is 5. The third-order valence-corrected chi connectivity index (χ3v) is 5.65. The summed E-state index contributed by atoms with van der Waals surface area (Å²) in [7, 11) is 0. The van der Waals surface area contributed by atoms with Crippen molar-refractivity contribution in [3.8, 4) is 0 Å². The van der Waals surface area contributed by atoms with E-state index in [-0.39, 0.29) is 12.5 Å². The first-order chi connectivity index (χ1) is 15.1. The predicted octanol–water partition coefficient (Wildman–Crippen LogP) is 0.804. The van der Waals surface area contributed by atoms with Gasteiger partial charge in [-0.05, 0) is 36.3 Å². The zero-order chi connectivity index (χ0) is 23.5. The minimum absolute atomic E-state index is 0.283. The van der Waals surface area contributed by atoms with Crippen molar-refractivity contribution in [3.63, 3.8) is 0 Å². The van der Waals surface area contributed by atoms with Crippen LogP contribution < -0.4 is 22.1 Å². The largest absolute Gasteiger partial charge is 0.381 e. The molecule has 0 saturated carbocycles. The number of hydrogen-bond donors (Lipinski definition) is 3. The van der Waals surface area contributed by atoms with Gasteiger partial charge in [0.15, 0.2) is 0 Å². The van der Waals surface area contributed by atoms with E-state index in [0.717, 1.165) is 17.4 Å². The van der Waals surface area contributed by atoms with Gasteiger partial charge in [-0.15, -0.1) is 0 Å². The SMILES string of the molecule is CC(C)(C)[C@H](NC(=O)n1c(=O)n(CC2CCOCC2)c2ccccc21)C(=O)NCC(N)=O. The summed E-state index contributed by atoms with van der Waals surface area (Å²) in [6, 6.07) is 5.40. The fourth-order valence-corrected chi connectivity index (χ4v) is 3.91. The molecule has 2 aromatic rings. The third-order valence-electron chi connectivity index (χ3n) is 5.65. The van der Waals surface area contributed by atoms with Crippen molar-refractivity contribution in [1.29, 1.82) is 0 Å². The Morgan fingerprint density at radius 1 is 1.16 bits per heavy atom. The summed E-state index contributed by atoms with van der Waals surface area (Å²) in [6.07, 6.45) is 1.70. The molecular formula is C22H31N5O5. The number of carbonyl (C=O) groups excluding carboxylic acids is 3. The number of nitrogens with one attached hydrogen (secondary N) is 2. The van der Waals surface area contributed by atoms with Crippen LogP contribution >= 0.6 is 0 Å². The maximum absolute atomic E-state index is 13.3. The summed E-state index contributed by atoms with van der Waals surface area (Å²) in [6.45, 7) is 6.80. The molecule has 0 spiro atoms. The maximum Gasteiger partial charge on any atom is 0.337 e. The summed E-state index contributed by atoms with van der Waals surface area (Å²) in [5.41, 5.74) is 5.09.